The molecule has 4 nitrogen and oxygen atoms in total. The predicted molar refractivity (Wildman–Crippen MR) is 90.3 cm³/mol. The van der Waals surface area contributed by atoms with E-state index in [2.05, 4.69) is 4.98 Å². The minimum atomic E-state index is 0. The zero-order valence-corrected chi connectivity index (χ0v) is 13.4. The molecular weight excluding hydrogens is 300 g/mol. The summed E-state index contributed by atoms with van der Waals surface area (Å²) in [6.45, 7) is 1.08. The van der Waals surface area contributed by atoms with E-state index >= 15 is 0 Å². The Hall–Kier alpha value is -1.75. The Kier molecular flexibility index (Phi) is 7.74. The molecule has 0 amide bonds. The number of Topliss-reactive ketones (excluding diaryl/α,β-unsaturated/α-hetero) is 1. The highest BCUT2D eigenvalue weighted by molar-refractivity contribution is 5.97. The van der Waals surface area contributed by atoms with Gasteiger partial charge in [0.25, 0.3) is 0 Å². The molecule has 0 aliphatic carbocycles. The molecule has 0 aliphatic rings. The molecule has 0 spiro atoms. The van der Waals surface area contributed by atoms with Crippen LogP contribution in [0.1, 0.15) is 28.8 Å². The lowest BCUT2D eigenvalue weighted by Crippen LogP contribution is -2.02. The fraction of sp³-hybridized carbons (Fsp3) is 0.294. The van der Waals surface area contributed by atoms with Gasteiger partial charge in [0, 0.05) is 44.0 Å². The first-order valence-corrected chi connectivity index (χ1v) is 7.02. The van der Waals surface area contributed by atoms with E-state index < -0.39 is 0 Å². The molecule has 5 heteroatoms. The van der Waals surface area contributed by atoms with Crippen molar-refractivity contribution in [2.45, 2.75) is 19.4 Å². The van der Waals surface area contributed by atoms with Gasteiger partial charge < -0.3 is 10.5 Å². The maximum Gasteiger partial charge on any atom is 0.162 e. The second-order valence-electron chi connectivity index (χ2n) is 4.85. The highest BCUT2D eigenvalue weighted by Gasteiger charge is 2.08. The highest BCUT2D eigenvalue weighted by Crippen LogP contribution is 2.20. The van der Waals surface area contributed by atoms with Crippen LogP contribution < -0.4 is 5.73 Å². The Morgan fingerprint density at radius 3 is 2.82 bits per heavy atom. The Morgan fingerprint density at radius 2 is 2.09 bits per heavy atom. The summed E-state index contributed by atoms with van der Waals surface area (Å²) in [7, 11) is 1.64. The van der Waals surface area contributed by atoms with Crippen LogP contribution in [0.2, 0.25) is 0 Å². The van der Waals surface area contributed by atoms with Crippen LogP contribution in [0.3, 0.4) is 0 Å². The first-order chi connectivity index (χ1) is 10.2. The Morgan fingerprint density at radius 1 is 1.27 bits per heavy atom. The van der Waals surface area contributed by atoms with E-state index in [1.54, 1.807) is 13.3 Å². The molecule has 1 aromatic heterocycles. The van der Waals surface area contributed by atoms with Crippen LogP contribution in [-0.4, -0.2) is 24.5 Å². The summed E-state index contributed by atoms with van der Waals surface area (Å²) in [5.41, 5.74) is 9.16. The number of halogens is 1. The molecule has 2 aromatic rings. The average Bonchev–Trinajstić information content (AvgIpc) is 2.55. The van der Waals surface area contributed by atoms with Crippen molar-refractivity contribution in [2.24, 2.45) is 5.73 Å². The molecule has 0 aliphatic heterocycles. The molecule has 0 saturated carbocycles. The molecule has 0 atom stereocenters. The number of carbonyl (C=O) groups excluding carboxylic acids is 1. The summed E-state index contributed by atoms with van der Waals surface area (Å²) in [6.07, 6.45) is 2.97. The van der Waals surface area contributed by atoms with E-state index in [-0.39, 0.29) is 18.2 Å². The maximum atomic E-state index is 12.1. The van der Waals surface area contributed by atoms with E-state index in [0.29, 0.717) is 25.1 Å². The summed E-state index contributed by atoms with van der Waals surface area (Å²) in [5.74, 6) is 0.129. The van der Waals surface area contributed by atoms with Gasteiger partial charge in [0.2, 0.25) is 0 Å². The van der Waals surface area contributed by atoms with Gasteiger partial charge in [-0.25, -0.2) is 0 Å². The second-order valence-corrected chi connectivity index (χ2v) is 4.85. The number of methoxy groups -OCH3 is 1. The van der Waals surface area contributed by atoms with Gasteiger partial charge in [-0.2, -0.15) is 0 Å². The number of nitrogens with zero attached hydrogens (tertiary/aromatic N) is 1. The van der Waals surface area contributed by atoms with Crippen LogP contribution in [0.4, 0.5) is 0 Å². The number of rotatable bonds is 7. The van der Waals surface area contributed by atoms with Gasteiger partial charge in [-0.3, -0.25) is 9.78 Å². The molecule has 118 valence electrons. The Balaban J connectivity index is 0.00000242. The van der Waals surface area contributed by atoms with Crippen molar-refractivity contribution < 1.29 is 9.53 Å². The number of pyridine rings is 1. The molecule has 1 aromatic carbocycles. The van der Waals surface area contributed by atoms with Crippen molar-refractivity contribution in [3.05, 3.63) is 53.7 Å². The van der Waals surface area contributed by atoms with Gasteiger partial charge in [-0.1, -0.05) is 18.2 Å². The summed E-state index contributed by atoms with van der Waals surface area (Å²) in [4.78, 5) is 16.5. The van der Waals surface area contributed by atoms with Crippen molar-refractivity contribution >= 4 is 18.2 Å². The van der Waals surface area contributed by atoms with E-state index in [4.69, 9.17) is 10.5 Å². The second kappa shape index (κ2) is 9.30. The zero-order chi connectivity index (χ0) is 15.1. The third-order valence-electron chi connectivity index (χ3n) is 3.29. The standard InChI is InChI=1S/C17H20N2O2.ClH/c1-21-9-3-6-17(20)15-5-2-4-14(11-15)16-10-13(12-18)7-8-19-16;/h2,4-5,7-8,10-11H,3,6,9,12,18H2,1H3;1H. The number of ether oxygens (including phenoxy) is 1. The van der Waals surface area contributed by atoms with Gasteiger partial charge in [0.15, 0.2) is 5.78 Å². The number of nitrogens with two attached hydrogens (primary N) is 1. The van der Waals surface area contributed by atoms with Crippen LogP contribution in [0.25, 0.3) is 11.3 Å². The fourth-order valence-electron chi connectivity index (χ4n) is 2.13. The van der Waals surface area contributed by atoms with E-state index in [1.807, 2.05) is 36.4 Å². The number of carbonyl (C=O) groups is 1. The molecule has 1 heterocycles. The number of benzene rings is 1. The van der Waals surface area contributed by atoms with Crippen molar-refractivity contribution in [1.29, 1.82) is 0 Å². The molecular formula is C17H21ClN2O2. The van der Waals surface area contributed by atoms with Crippen LogP contribution in [0.5, 0.6) is 0 Å². The molecule has 0 bridgehead atoms. The monoisotopic (exact) mass is 320 g/mol. The highest BCUT2D eigenvalue weighted by atomic mass is 35.5. The minimum Gasteiger partial charge on any atom is -0.385 e. The van der Waals surface area contributed by atoms with Crippen LogP contribution in [0.15, 0.2) is 42.6 Å². The van der Waals surface area contributed by atoms with Crippen LogP contribution in [-0.2, 0) is 11.3 Å². The summed E-state index contributed by atoms with van der Waals surface area (Å²) < 4.78 is 4.97. The van der Waals surface area contributed by atoms with E-state index in [1.165, 1.54) is 0 Å². The summed E-state index contributed by atoms with van der Waals surface area (Å²) in [6, 6.07) is 11.4. The minimum absolute atomic E-state index is 0. The molecule has 0 fully saturated rings. The molecule has 0 unspecified atom stereocenters. The van der Waals surface area contributed by atoms with Crippen LogP contribution >= 0.6 is 12.4 Å². The number of hydrogen-bond acceptors (Lipinski definition) is 4. The third kappa shape index (κ3) is 4.91. The fourth-order valence-corrected chi connectivity index (χ4v) is 2.13. The maximum absolute atomic E-state index is 12.1. The zero-order valence-electron chi connectivity index (χ0n) is 12.6. The van der Waals surface area contributed by atoms with Crippen molar-refractivity contribution in [3.63, 3.8) is 0 Å². The predicted octanol–water partition coefficient (Wildman–Crippen LogP) is 3.24. The largest absolute Gasteiger partial charge is 0.385 e. The Bertz CT molecular complexity index is 617. The summed E-state index contributed by atoms with van der Waals surface area (Å²) >= 11 is 0. The number of aromatic nitrogens is 1. The normalized spacial score (nSPS) is 10.1. The third-order valence-corrected chi connectivity index (χ3v) is 3.29. The van der Waals surface area contributed by atoms with Gasteiger partial charge in [-0.15, -0.1) is 12.4 Å². The SMILES string of the molecule is COCCCC(=O)c1cccc(-c2cc(CN)ccn2)c1.Cl. The quantitative estimate of drug-likeness (QED) is 0.628. The molecule has 0 saturated heterocycles. The molecule has 22 heavy (non-hydrogen) atoms. The first-order valence-electron chi connectivity index (χ1n) is 7.02. The average molecular weight is 321 g/mol. The first kappa shape index (κ1) is 18.3. The number of hydrogen-bond donors (Lipinski definition) is 1. The molecule has 2 N–H and O–H groups in total. The lowest BCUT2D eigenvalue weighted by atomic mass is 10.0. The number of ketones is 1. The van der Waals surface area contributed by atoms with Crippen molar-refractivity contribution in [3.8, 4) is 11.3 Å². The Labute approximate surface area is 137 Å². The summed E-state index contributed by atoms with van der Waals surface area (Å²) in [5, 5.41) is 0. The topological polar surface area (TPSA) is 65.2 Å². The van der Waals surface area contributed by atoms with Crippen molar-refractivity contribution in [1.82, 2.24) is 4.98 Å². The van der Waals surface area contributed by atoms with Gasteiger partial charge in [0.05, 0.1) is 5.69 Å². The smallest absolute Gasteiger partial charge is 0.162 e. The molecule has 0 radical (unpaired) electrons. The van der Waals surface area contributed by atoms with Gasteiger partial charge in [-0.05, 0) is 30.2 Å². The van der Waals surface area contributed by atoms with Crippen molar-refractivity contribution in [2.75, 3.05) is 13.7 Å². The van der Waals surface area contributed by atoms with Gasteiger partial charge in [0.1, 0.15) is 0 Å². The lowest BCUT2D eigenvalue weighted by Gasteiger charge is -2.06. The van der Waals surface area contributed by atoms with E-state index in [0.717, 1.165) is 23.2 Å². The molecule has 2 rings (SSSR count). The van der Waals surface area contributed by atoms with Crippen LogP contribution in [0, 0.1) is 0 Å². The van der Waals surface area contributed by atoms with E-state index in [9.17, 15) is 4.79 Å². The van der Waals surface area contributed by atoms with Gasteiger partial charge >= 0.3 is 0 Å². The lowest BCUT2D eigenvalue weighted by molar-refractivity contribution is 0.0963.